The summed E-state index contributed by atoms with van der Waals surface area (Å²) >= 11 is 0. The molecule has 0 radical (unpaired) electrons. The Bertz CT molecular complexity index is 785. The van der Waals surface area contributed by atoms with Gasteiger partial charge in [-0.2, -0.15) is 5.10 Å². The average Bonchev–Trinajstić information content (AvgIpc) is 2.97. The Morgan fingerprint density at radius 2 is 1.85 bits per heavy atom. The highest BCUT2D eigenvalue weighted by Crippen LogP contribution is 2.25. The van der Waals surface area contributed by atoms with E-state index in [1.165, 1.54) is 35.0 Å². The maximum Gasteiger partial charge on any atom is 0.335 e. The lowest BCUT2D eigenvalue weighted by Crippen LogP contribution is -2.27. The van der Waals surface area contributed by atoms with E-state index in [4.69, 9.17) is 5.11 Å². The number of alkyl halides is 2. The van der Waals surface area contributed by atoms with Gasteiger partial charge in [0.1, 0.15) is 5.69 Å². The van der Waals surface area contributed by atoms with E-state index in [0.717, 1.165) is 0 Å². The molecule has 2 aromatic rings. The SMILES string of the molecule is CC(C)Cn1ncc(C(=O)N(C)Cc2ccc(C(=O)O)cc2)c1C(F)F. The van der Waals surface area contributed by atoms with Crippen LogP contribution >= 0.6 is 0 Å². The maximum atomic E-state index is 13.5. The van der Waals surface area contributed by atoms with Crippen molar-refractivity contribution in [3.63, 3.8) is 0 Å². The van der Waals surface area contributed by atoms with E-state index in [1.807, 2.05) is 13.8 Å². The first-order valence-corrected chi connectivity index (χ1v) is 8.12. The van der Waals surface area contributed by atoms with E-state index in [-0.39, 0.29) is 29.3 Å². The van der Waals surface area contributed by atoms with Gasteiger partial charge in [-0.25, -0.2) is 13.6 Å². The number of aromatic nitrogens is 2. The molecule has 1 aromatic carbocycles. The van der Waals surface area contributed by atoms with E-state index in [0.29, 0.717) is 12.1 Å². The van der Waals surface area contributed by atoms with Crippen molar-refractivity contribution in [1.82, 2.24) is 14.7 Å². The van der Waals surface area contributed by atoms with Gasteiger partial charge in [0.2, 0.25) is 0 Å². The number of benzene rings is 1. The predicted octanol–water partition coefficient (Wildman–Crippen LogP) is 3.45. The lowest BCUT2D eigenvalue weighted by Gasteiger charge is -2.18. The molecule has 0 atom stereocenters. The molecule has 0 bridgehead atoms. The molecule has 0 saturated heterocycles. The molecule has 0 aliphatic carbocycles. The summed E-state index contributed by atoms with van der Waals surface area (Å²) in [4.78, 5) is 24.8. The molecule has 1 amide bonds. The third kappa shape index (κ3) is 4.44. The lowest BCUT2D eigenvalue weighted by molar-refractivity contribution is 0.0695. The molecule has 8 heteroatoms. The quantitative estimate of drug-likeness (QED) is 0.815. The number of rotatable bonds is 7. The zero-order valence-electron chi connectivity index (χ0n) is 14.8. The number of halogens is 2. The van der Waals surface area contributed by atoms with Gasteiger partial charge >= 0.3 is 5.97 Å². The summed E-state index contributed by atoms with van der Waals surface area (Å²) in [6, 6.07) is 6.04. The number of hydrogen-bond donors (Lipinski definition) is 1. The minimum Gasteiger partial charge on any atom is -0.478 e. The molecule has 0 aliphatic heterocycles. The number of carboxylic acids is 1. The van der Waals surface area contributed by atoms with Gasteiger partial charge in [0.25, 0.3) is 12.3 Å². The Balaban J connectivity index is 2.19. The van der Waals surface area contributed by atoms with Crippen LogP contribution in [0.3, 0.4) is 0 Å². The first kappa shape index (κ1) is 19.6. The molecule has 0 aliphatic rings. The number of carboxylic acid groups (broad SMARTS) is 1. The predicted molar refractivity (Wildman–Crippen MR) is 91.2 cm³/mol. The second kappa shape index (κ2) is 8.07. The zero-order valence-corrected chi connectivity index (χ0v) is 14.8. The normalized spacial score (nSPS) is 11.2. The van der Waals surface area contributed by atoms with Gasteiger partial charge in [-0.15, -0.1) is 0 Å². The van der Waals surface area contributed by atoms with E-state index in [2.05, 4.69) is 5.10 Å². The summed E-state index contributed by atoms with van der Waals surface area (Å²) in [5.74, 6) is -1.49. The monoisotopic (exact) mass is 365 g/mol. The first-order valence-electron chi connectivity index (χ1n) is 8.12. The van der Waals surface area contributed by atoms with Crippen LogP contribution < -0.4 is 0 Å². The van der Waals surface area contributed by atoms with Crippen molar-refractivity contribution in [2.45, 2.75) is 33.4 Å². The van der Waals surface area contributed by atoms with Crippen molar-refractivity contribution in [3.05, 3.63) is 52.8 Å². The summed E-state index contributed by atoms with van der Waals surface area (Å²) < 4.78 is 28.1. The Labute approximate surface area is 150 Å². The summed E-state index contributed by atoms with van der Waals surface area (Å²) in [5.41, 5.74) is 0.332. The zero-order chi connectivity index (χ0) is 19.4. The van der Waals surface area contributed by atoms with Crippen molar-refractivity contribution in [2.75, 3.05) is 7.05 Å². The molecule has 6 nitrogen and oxygen atoms in total. The summed E-state index contributed by atoms with van der Waals surface area (Å²) in [7, 11) is 1.50. The Hall–Kier alpha value is -2.77. The van der Waals surface area contributed by atoms with E-state index in [1.54, 1.807) is 12.1 Å². The van der Waals surface area contributed by atoms with Crippen LogP contribution in [0.4, 0.5) is 8.78 Å². The smallest absolute Gasteiger partial charge is 0.335 e. The van der Waals surface area contributed by atoms with Crippen molar-refractivity contribution in [2.24, 2.45) is 5.92 Å². The molecular formula is C18H21F2N3O3. The standard InChI is InChI=1S/C18H21F2N3O3/c1-11(2)9-23-15(16(19)20)14(8-21-23)17(24)22(3)10-12-4-6-13(7-5-12)18(25)26/h4-8,11,16H,9-10H2,1-3H3,(H,25,26). The van der Waals surface area contributed by atoms with Crippen LogP contribution in [-0.4, -0.2) is 38.7 Å². The molecule has 0 saturated carbocycles. The second-order valence-electron chi connectivity index (χ2n) is 6.48. The van der Waals surface area contributed by atoms with Crippen LogP contribution in [0.1, 0.15) is 52.2 Å². The summed E-state index contributed by atoms with van der Waals surface area (Å²) in [6.07, 6.45) is -1.63. The van der Waals surface area contributed by atoms with Crippen LogP contribution in [-0.2, 0) is 13.1 Å². The molecule has 1 heterocycles. The van der Waals surface area contributed by atoms with Gasteiger partial charge in [-0.3, -0.25) is 9.48 Å². The minimum absolute atomic E-state index is 0.112. The lowest BCUT2D eigenvalue weighted by atomic mass is 10.1. The summed E-state index contributed by atoms with van der Waals surface area (Å²) in [5, 5.41) is 12.8. The number of aromatic carboxylic acids is 1. The molecule has 0 fully saturated rings. The number of hydrogen-bond acceptors (Lipinski definition) is 3. The molecule has 0 spiro atoms. The molecule has 1 aromatic heterocycles. The number of carbonyl (C=O) groups is 2. The number of carbonyl (C=O) groups excluding carboxylic acids is 1. The minimum atomic E-state index is -2.81. The van der Waals surface area contributed by atoms with Gasteiger partial charge < -0.3 is 10.0 Å². The summed E-state index contributed by atoms with van der Waals surface area (Å²) in [6.45, 7) is 4.22. The molecule has 2 rings (SSSR count). The molecular weight excluding hydrogens is 344 g/mol. The Morgan fingerprint density at radius 1 is 1.23 bits per heavy atom. The van der Waals surface area contributed by atoms with Gasteiger partial charge in [0.15, 0.2) is 0 Å². The highest BCUT2D eigenvalue weighted by atomic mass is 19.3. The van der Waals surface area contributed by atoms with Crippen molar-refractivity contribution in [1.29, 1.82) is 0 Å². The fourth-order valence-corrected chi connectivity index (χ4v) is 2.59. The van der Waals surface area contributed by atoms with Crippen molar-refractivity contribution >= 4 is 11.9 Å². The third-order valence-electron chi connectivity index (χ3n) is 3.82. The fourth-order valence-electron chi connectivity index (χ4n) is 2.59. The van der Waals surface area contributed by atoms with E-state index < -0.39 is 18.3 Å². The van der Waals surface area contributed by atoms with Gasteiger partial charge in [-0.1, -0.05) is 26.0 Å². The van der Waals surface area contributed by atoms with Crippen molar-refractivity contribution in [3.8, 4) is 0 Å². The van der Waals surface area contributed by atoms with E-state index >= 15 is 0 Å². The topological polar surface area (TPSA) is 75.4 Å². The largest absolute Gasteiger partial charge is 0.478 e. The number of amides is 1. The third-order valence-corrected chi connectivity index (χ3v) is 3.82. The van der Waals surface area contributed by atoms with Gasteiger partial charge in [-0.05, 0) is 23.6 Å². The highest BCUT2D eigenvalue weighted by Gasteiger charge is 2.26. The second-order valence-corrected chi connectivity index (χ2v) is 6.48. The van der Waals surface area contributed by atoms with Crippen LogP contribution in [0.25, 0.3) is 0 Å². The molecule has 0 unspecified atom stereocenters. The molecule has 1 N–H and O–H groups in total. The van der Waals surface area contributed by atoms with Gasteiger partial charge in [0.05, 0.1) is 17.3 Å². The Kier molecular flexibility index (Phi) is 6.07. The van der Waals surface area contributed by atoms with Crippen LogP contribution in [0, 0.1) is 5.92 Å². The molecule has 26 heavy (non-hydrogen) atoms. The van der Waals surface area contributed by atoms with Crippen LogP contribution in [0.2, 0.25) is 0 Å². The molecule has 140 valence electrons. The highest BCUT2D eigenvalue weighted by molar-refractivity contribution is 5.95. The van der Waals surface area contributed by atoms with Crippen molar-refractivity contribution < 1.29 is 23.5 Å². The Morgan fingerprint density at radius 3 is 2.35 bits per heavy atom. The van der Waals surface area contributed by atoms with Gasteiger partial charge in [0, 0.05) is 20.1 Å². The maximum absolute atomic E-state index is 13.5. The van der Waals surface area contributed by atoms with Crippen LogP contribution in [0.15, 0.2) is 30.5 Å². The van der Waals surface area contributed by atoms with E-state index in [9.17, 15) is 18.4 Å². The first-order chi connectivity index (χ1) is 12.2. The number of nitrogens with zero attached hydrogens (tertiary/aromatic N) is 3. The fraction of sp³-hybridized carbons (Fsp3) is 0.389. The van der Waals surface area contributed by atoms with Crippen LogP contribution in [0.5, 0.6) is 0 Å². The average molecular weight is 365 g/mol.